The standard InChI is InChI=1S/C14H7F3N2O2/c15-14(16,17)9-3-1-8(2-4-9)12-19-11-5-6-18-7-10(11)13(20)21-12/h1-7H. The number of fused-ring (bicyclic) bond motifs is 1. The summed E-state index contributed by atoms with van der Waals surface area (Å²) in [5, 5.41) is 0.216. The Morgan fingerprint density at radius 3 is 2.43 bits per heavy atom. The number of aromatic nitrogens is 2. The van der Waals surface area contributed by atoms with Gasteiger partial charge in [-0.25, -0.2) is 9.78 Å². The quantitative estimate of drug-likeness (QED) is 0.690. The van der Waals surface area contributed by atoms with Gasteiger partial charge in [-0.15, -0.1) is 0 Å². The van der Waals surface area contributed by atoms with E-state index in [1.165, 1.54) is 30.6 Å². The normalized spacial score (nSPS) is 11.8. The Kier molecular flexibility index (Phi) is 2.97. The van der Waals surface area contributed by atoms with E-state index in [9.17, 15) is 18.0 Å². The fourth-order valence-corrected chi connectivity index (χ4v) is 1.84. The van der Waals surface area contributed by atoms with Crippen molar-refractivity contribution in [1.29, 1.82) is 0 Å². The van der Waals surface area contributed by atoms with E-state index in [1.54, 1.807) is 0 Å². The lowest BCUT2D eigenvalue weighted by Crippen LogP contribution is -2.05. The zero-order valence-corrected chi connectivity index (χ0v) is 10.4. The molecule has 0 bridgehead atoms. The second-order valence-electron chi connectivity index (χ2n) is 4.27. The SMILES string of the molecule is O=c1oc(-c2ccc(C(F)(F)F)cc2)nc2ccncc12. The van der Waals surface area contributed by atoms with Gasteiger partial charge in [0.2, 0.25) is 5.89 Å². The fourth-order valence-electron chi connectivity index (χ4n) is 1.84. The topological polar surface area (TPSA) is 56.0 Å². The molecule has 4 nitrogen and oxygen atoms in total. The summed E-state index contributed by atoms with van der Waals surface area (Å²) in [5.74, 6) is -0.0348. The van der Waals surface area contributed by atoms with Gasteiger partial charge in [-0.2, -0.15) is 13.2 Å². The van der Waals surface area contributed by atoms with Crippen molar-refractivity contribution in [2.45, 2.75) is 6.18 Å². The average molecular weight is 292 g/mol. The molecule has 0 amide bonds. The molecule has 0 aliphatic carbocycles. The lowest BCUT2D eigenvalue weighted by Gasteiger charge is -2.07. The van der Waals surface area contributed by atoms with Gasteiger partial charge in [-0.05, 0) is 30.3 Å². The molecule has 0 aliphatic rings. The molecule has 0 spiro atoms. The first-order chi connectivity index (χ1) is 9.95. The van der Waals surface area contributed by atoms with Gasteiger partial charge < -0.3 is 4.42 Å². The van der Waals surface area contributed by atoms with E-state index in [2.05, 4.69) is 9.97 Å². The Labute approximate surface area is 115 Å². The minimum absolute atomic E-state index is 0.0348. The maximum atomic E-state index is 12.5. The molecule has 0 fully saturated rings. The van der Waals surface area contributed by atoms with E-state index in [0.29, 0.717) is 11.1 Å². The summed E-state index contributed by atoms with van der Waals surface area (Å²) >= 11 is 0. The predicted octanol–water partition coefficient (Wildman–Crippen LogP) is 3.27. The van der Waals surface area contributed by atoms with Gasteiger partial charge in [0.1, 0.15) is 5.39 Å². The van der Waals surface area contributed by atoms with Crippen LogP contribution in [0.2, 0.25) is 0 Å². The summed E-state index contributed by atoms with van der Waals surface area (Å²) in [6.45, 7) is 0. The highest BCUT2D eigenvalue weighted by Crippen LogP contribution is 2.30. The Morgan fingerprint density at radius 2 is 1.76 bits per heavy atom. The molecule has 0 N–H and O–H groups in total. The van der Waals surface area contributed by atoms with Crippen molar-refractivity contribution in [1.82, 2.24) is 9.97 Å². The molecule has 0 saturated carbocycles. The number of hydrogen-bond donors (Lipinski definition) is 0. The molecule has 0 unspecified atom stereocenters. The third-order valence-electron chi connectivity index (χ3n) is 2.89. The molecule has 106 valence electrons. The van der Waals surface area contributed by atoms with Gasteiger partial charge in [0.15, 0.2) is 0 Å². The number of alkyl halides is 3. The largest absolute Gasteiger partial charge is 0.416 e. The molecule has 2 heterocycles. The maximum Gasteiger partial charge on any atom is 0.416 e. The monoisotopic (exact) mass is 292 g/mol. The third kappa shape index (κ3) is 2.49. The van der Waals surface area contributed by atoms with Crippen molar-refractivity contribution in [2.24, 2.45) is 0 Å². The second kappa shape index (κ2) is 4.69. The molecule has 0 atom stereocenters. The number of benzene rings is 1. The first-order valence-electron chi connectivity index (χ1n) is 5.87. The highest BCUT2D eigenvalue weighted by atomic mass is 19.4. The highest BCUT2D eigenvalue weighted by Gasteiger charge is 2.30. The summed E-state index contributed by atoms with van der Waals surface area (Å²) in [5.41, 5.74) is -0.753. The maximum absolute atomic E-state index is 12.5. The lowest BCUT2D eigenvalue weighted by atomic mass is 10.1. The van der Waals surface area contributed by atoms with Crippen LogP contribution in [0.3, 0.4) is 0 Å². The van der Waals surface area contributed by atoms with Gasteiger partial charge in [-0.1, -0.05) is 0 Å². The van der Waals surface area contributed by atoms with Crippen LogP contribution in [0.25, 0.3) is 22.4 Å². The van der Waals surface area contributed by atoms with Crippen molar-refractivity contribution < 1.29 is 17.6 Å². The van der Waals surface area contributed by atoms with E-state index in [4.69, 9.17) is 4.42 Å². The van der Waals surface area contributed by atoms with Crippen molar-refractivity contribution in [3.05, 3.63) is 58.7 Å². The number of pyridine rings is 1. The van der Waals surface area contributed by atoms with Crippen molar-refractivity contribution in [3.8, 4) is 11.5 Å². The van der Waals surface area contributed by atoms with Gasteiger partial charge >= 0.3 is 11.8 Å². The predicted molar refractivity (Wildman–Crippen MR) is 68.5 cm³/mol. The van der Waals surface area contributed by atoms with Gasteiger partial charge in [0.25, 0.3) is 0 Å². The van der Waals surface area contributed by atoms with E-state index < -0.39 is 17.4 Å². The molecular formula is C14H7F3N2O2. The molecule has 7 heteroatoms. The minimum atomic E-state index is -4.41. The molecular weight excluding hydrogens is 285 g/mol. The van der Waals surface area contributed by atoms with Gasteiger partial charge in [-0.3, -0.25) is 4.98 Å². The lowest BCUT2D eigenvalue weighted by molar-refractivity contribution is -0.137. The summed E-state index contributed by atoms with van der Waals surface area (Å²) < 4.78 is 42.5. The van der Waals surface area contributed by atoms with E-state index >= 15 is 0 Å². The van der Waals surface area contributed by atoms with Crippen LogP contribution in [0.1, 0.15) is 5.56 Å². The number of nitrogens with zero attached hydrogens (tertiary/aromatic N) is 2. The van der Waals surface area contributed by atoms with Crippen LogP contribution in [-0.2, 0) is 6.18 Å². The Hall–Kier alpha value is -2.70. The van der Waals surface area contributed by atoms with Gasteiger partial charge in [0, 0.05) is 18.0 Å². The molecule has 3 aromatic rings. The van der Waals surface area contributed by atoms with Crippen LogP contribution in [0, 0.1) is 0 Å². The summed E-state index contributed by atoms with van der Waals surface area (Å²) in [4.78, 5) is 19.7. The van der Waals surface area contributed by atoms with Crippen LogP contribution < -0.4 is 5.63 Å². The minimum Gasteiger partial charge on any atom is -0.403 e. The summed E-state index contributed by atoms with van der Waals surface area (Å²) in [7, 11) is 0. The van der Waals surface area contributed by atoms with E-state index in [0.717, 1.165) is 12.1 Å². The van der Waals surface area contributed by atoms with E-state index in [-0.39, 0.29) is 11.3 Å². The van der Waals surface area contributed by atoms with E-state index in [1.807, 2.05) is 0 Å². The third-order valence-corrected chi connectivity index (χ3v) is 2.89. The summed E-state index contributed by atoms with van der Waals surface area (Å²) in [6, 6.07) is 5.77. The second-order valence-corrected chi connectivity index (χ2v) is 4.27. The molecule has 21 heavy (non-hydrogen) atoms. The molecule has 1 aromatic carbocycles. The molecule has 3 rings (SSSR count). The molecule has 0 radical (unpaired) electrons. The first-order valence-corrected chi connectivity index (χ1v) is 5.87. The zero-order chi connectivity index (χ0) is 15.0. The molecule has 2 aromatic heterocycles. The van der Waals surface area contributed by atoms with Crippen LogP contribution in [-0.4, -0.2) is 9.97 Å². The summed E-state index contributed by atoms with van der Waals surface area (Å²) in [6.07, 6.45) is -1.63. The zero-order valence-electron chi connectivity index (χ0n) is 10.4. The van der Waals surface area contributed by atoms with Crippen LogP contribution >= 0.6 is 0 Å². The molecule has 0 aliphatic heterocycles. The molecule has 0 saturated heterocycles. The Balaban J connectivity index is 2.10. The van der Waals surface area contributed by atoms with Crippen molar-refractivity contribution in [2.75, 3.05) is 0 Å². The first kappa shape index (κ1) is 13.3. The smallest absolute Gasteiger partial charge is 0.403 e. The van der Waals surface area contributed by atoms with Crippen LogP contribution in [0.4, 0.5) is 13.2 Å². The Morgan fingerprint density at radius 1 is 1.05 bits per heavy atom. The fraction of sp³-hybridized carbons (Fsp3) is 0.0714. The highest BCUT2D eigenvalue weighted by molar-refractivity contribution is 5.77. The van der Waals surface area contributed by atoms with Gasteiger partial charge in [0.05, 0.1) is 11.1 Å². The van der Waals surface area contributed by atoms with Crippen LogP contribution in [0.5, 0.6) is 0 Å². The number of rotatable bonds is 1. The van der Waals surface area contributed by atoms with Crippen LogP contribution in [0.15, 0.2) is 51.9 Å². The number of hydrogen-bond acceptors (Lipinski definition) is 4. The Bertz CT molecular complexity index is 854. The van der Waals surface area contributed by atoms with Crippen molar-refractivity contribution >= 4 is 10.9 Å². The number of halogens is 3. The average Bonchev–Trinajstić information content (AvgIpc) is 2.46. The van der Waals surface area contributed by atoms with Crippen molar-refractivity contribution in [3.63, 3.8) is 0 Å².